The van der Waals surface area contributed by atoms with Gasteiger partial charge in [0.05, 0.1) is 0 Å². The maximum Gasteiger partial charge on any atom is 0.260 e. The third-order valence-corrected chi connectivity index (χ3v) is 4.27. The first-order chi connectivity index (χ1) is 10.5. The fraction of sp³-hybridized carbons (Fsp3) is 0.500. The SMILES string of the molecule is Cc1cccc(OCC(=O)N2CCC(C(=O)NN)CC2)c1C. The standard InChI is InChI=1S/C16H23N3O3/c1-11-4-3-5-14(12(11)2)22-10-15(20)19-8-6-13(7-9-19)16(21)18-17/h3-5,13H,6-10,17H2,1-2H3,(H,18,21). The first-order valence-electron chi connectivity index (χ1n) is 7.50. The van der Waals surface area contributed by atoms with Gasteiger partial charge in [-0.25, -0.2) is 5.84 Å². The maximum absolute atomic E-state index is 12.2. The third-order valence-electron chi connectivity index (χ3n) is 4.27. The van der Waals surface area contributed by atoms with Crippen molar-refractivity contribution in [2.24, 2.45) is 11.8 Å². The van der Waals surface area contributed by atoms with Crippen LogP contribution in [0.25, 0.3) is 0 Å². The smallest absolute Gasteiger partial charge is 0.260 e. The summed E-state index contributed by atoms with van der Waals surface area (Å²) >= 11 is 0. The Hall–Kier alpha value is -2.08. The lowest BCUT2D eigenvalue weighted by Gasteiger charge is -2.31. The molecule has 120 valence electrons. The number of hydrogen-bond donors (Lipinski definition) is 2. The molecule has 0 aliphatic carbocycles. The number of likely N-dealkylation sites (tertiary alicyclic amines) is 1. The molecule has 6 heteroatoms. The van der Waals surface area contributed by atoms with Gasteiger partial charge in [-0.15, -0.1) is 0 Å². The number of carbonyl (C=O) groups is 2. The van der Waals surface area contributed by atoms with E-state index in [1.807, 2.05) is 32.0 Å². The first-order valence-corrected chi connectivity index (χ1v) is 7.50. The summed E-state index contributed by atoms with van der Waals surface area (Å²) in [5.74, 6) is 5.57. The second-order valence-electron chi connectivity index (χ2n) is 5.65. The normalized spacial score (nSPS) is 15.5. The largest absolute Gasteiger partial charge is 0.483 e. The molecule has 6 nitrogen and oxygen atoms in total. The Labute approximate surface area is 130 Å². The number of nitrogens with zero attached hydrogens (tertiary/aromatic N) is 1. The van der Waals surface area contributed by atoms with Crippen LogP contribution in [0.2, 0.25) is 0 Å². The van der Waals surface area contributed by atoms with E-state index < -0.39 is 0 Å². The lowest BCUT2D eigenvalue weighted by molar-refractivity contribution is -0.137. The summed E-state index contributed by atoms with van der Waals surface area (Å²) in [5.41, 5.74) is 4.36. The zero-order valence-electron chi connectivity index (χ0n) is 13.1. The van der Waals surface area contributed by atoms with Crippen molar-refractivity contribution < 1.29 is 14.3 Å². The van der Waals surface area contributed by atoms with Gasteiger partial charge in [-0.05, 0) is 43.9 Å². The van der Waals surface area contributed by atoms with Crippen molar-refractivity contribution in [2.45, 2.75) is 26.7 Å². The van der Waals surface area contributed by atoms with Crippen LogP contribution >= 0.6 is 0 Å². The molecule has 3 N–H and O–H groups in total. The number of hydrazine groups is 1. The number of carbonyl (C=O) groups excluding carboxylic acids is 2. The summed E-state index contributed by atoms with van der Waals surface area (Å²) in [6.45, 7) is 5.14. The summed E-state index contributed by atoms with van der Waals surface area (Å²) in [5, 5.41) is 0. The molecule has 0 saturated carbocycles. The molecule has 22 heavy (non-hydrogen) atoms. The topological polar surface area (TPSA) is 84.7 Å². The molecule has 2 amide bonds. The van der Waals surface area contributed by atoms with Gasteiger partial charge >= 0.3 is 0 Å². The van der Waals surface area contributed by atoms with Crippen molar-refractivity contribution in [3.05, 3.63) is 29.3 Å². The number of nitrogens with two attached hydrogens (primary N) is 1. The Balaban J connectivity index is 1.84. The van der Waals surface area contributed by atoms with Crippen molar-refractivity contribution in [1.29, 1.82) is 0 Å². The third kappa shape index (κ3) is 3.76. The molecule has 0 bridgehead atoms. The second kappa shape index (κ2) is 7.26. The summed E-state index contributed by atoms with van der Waals surface area (Å²) in [6.07, 6.45) is 1.27. The van der Waals surface area contributed by atoms with Gasteiger partial charge in [0.2, 0.25) is 5.91 Å². The summed E-state index contributed by atoms with van der Waals surface area (Å²) in [6, 6.07) is 5.80. The molecule has 1 aromatic carbocycles. The van der Waals surface area contributed by atoms with E-state index in [2.05, 4.69) is 5.43 Å². The van der Waals surface area contributed by atoms with Gasteiger partial charge in [0.1, 0.15) is 5.75 Å². The molecule has 1 aliphatic rings. The van der Waals surface area contributed by atoms with E-state index in [1.165, 1.54) is 0 Å². The monoisotopic (exact) mass is 305 g/mol. The van der Waals surface area contributed by atoms with E-state index in [0.29, 0.717) is 25.9 Å². The zero-order valence-corrected chi connectivity index (χ0v) is 13.1. The molecule has 1 aromatic rings. The Morgan fingerprint density at radius 1 is 1.32 bits per heavy atom. The van der Waals surface area contributed by atoms with Gasteiger partial charge in [-0.1, -0.05) is 12.1 Å². The summed E-state index contributed by atoms with van der Waals surface area (Å²) in [4.78, 5) is 25.4. The van der Waals surface area contributed by atoms with Crippen LogP contribution in [0.15, 0.2) is 18.2 Å². The molecule has 0 radical (unpaired) electrons. The van der Waals surface area contributed by atoms with Gasteiger partial charge < -0.3 is 9.64 Å². The Bertz CT molecular complexity index is 552. The van der Waals surface area contributed by atoms with Crippen LogP contribution in [0.5, 0.6) is 5.75 Å². The van der Waals surface area contributed by atoms with Gasteiger partial charge in [0.25, 0.3) is 5.91 Å². The van der Waals surface area contributed by atoms with Crippen LogP contribution in [0.3, 0.4) is 0 Å². The number of nitrogens with one attached hydrogen (secondary N) is 1. The maximum atomic E-state index is 12.2. The van der Waals surface area contributed by atoms with E-state index in [9.17, 15) is 9.59 Å². The van der Waals surface area contributed by atoms with Crippen LogP contribution in [0, 0.1) is 19.8 Å². The Morgan fingerprint density at radius 2 is 2.00 bits per heavy atom. The van der Waals surface area contributed by atoms with Crippen molar-refractivity contribution in [3.8, 4) is 5.75 Å². The highest BCUT2D eigenvalue weighted by Gasteiger charge is 2.27. The number of benzene rings is 1. The highest BCUT2D eigenvalue weighted by Crippen LogP contribution is 2.21. The van der Waals surface area contributed by atoms with Crippen molar-refractivity contribution in [2.75, 3.05) is 19.7 Å². The van der Waals surface area contributed by atoms with Gasteiger partial charge in [0, 0.05) is 19.0 Å². The fourth-order valence-electron chi connectivity index (χ4n) is 2.62. The number of rotatable bonds is 4. The van der Waals surface area contributed by atoms with Gasteiger partial charge in [-0.2, -0.15) is 0 Å². The van der Waals surface area contributed by atoms with E-state index >= 15 is 0 Å². The molecule has 0 atom stereocenters. The molecule has 1 aliphatic heterocycles. The summed E-state index contributed by atoms with van der Waals surface area (Å²) < 4.78 is 5.64. The predicted octanol–water partition coefficient (Wildman–Crippen LogP) is 0.911. The molecule has 1 heterocycles. The molecule has 0 unspecified atom stereocenters. The fourth-order valence-corrected chi connectivity index (χ4v) is 2.62. The lowest BCUT2D eigenvalue weighted by atomic mass is 9.96. The number of amides is 2. The Morgan fingerprint density at radius 3 is 2.64 bits per heavy atom. The van der Waals surface area contributed by atoms with Gasteiger partial charge in [0.15, 0.2) is 6.61 Å². The molecular weight excluding hydrogens is 282 g/mol. The minimum atomic E-state index is -0.154. The highest BCUT2D eigenvalue weighted by atomic mass is 16.5. The number of piperidine rings is 1. The second-order valence-corrected chi connectivity index (χ2v) is 5.65. The molecular formula is C16H23N3O3. The van der Waals surface area contributed by atoms with Crippen LogP contribution in [0.4, 0.5) is 0 Å². The quantitative estimate of drug-likeness (QED) is 0.492. The molecule has 1 fully saturated rings. The van der Waals surface area contributed by atoms with Crippen LogP contribution < -0.4 is 16.0 Å². The molecule has 1 saturated heterocycles. The van der Waals surface area contributed by atoms with E-state index in [4.69, 9.17) is 10.6 Å². The Kier molecular flexibility index (Phi) is 5.38. The van der Waals surface area contributed by atoms with Crippen molar-refractivity contribution >= 4 is 11.8 Å². The van der Waals surface area contributed by atoms with Crippen LogP contribution in [0.1, 0.15) is 24.0 Å². The molecule has 0 spiro atoms. The van der Waals surface area contributed by atoms with Crippen molar-refractivity contribution in [3.63, 3.8) is 0 Å². The minimum absolute atomic E-state index is 0.0258. The van der Waals surface area contributed by atoms with Gasteiger partial charge in [-0.3, -0.25) is 15.0 Å². The molecule has 2 rings (SSSR count). The van der Waals surface area contributed by atoms with E-state index in [0.717, 1.165) is 16.9 Å². The average Bonchev–Trinajstić information content (AvgIpc) is 2.55. The minimum Gasteiger partial charge on any atom is -0.483 e. The lowest BCUT2D eigenvalue weighted by Crippen LogP contribution is -2.45. The van der Waals surface area contributed by atoms with E-state index in [-0.39, 0.29) is 24.3 Å². The van der Waals surface area contributed by atoms with E-state index in [1.54, 1.807) is 4.90 Å². The first kappa shape index (κ1) is 16.3. The van der Waals surface area contributed by atoms with Crippen molar-refractivity contribution in [1.82, 2.24) is 10.3 Å². The highest BCUT2D eigenvalue weighted by molar-refractivity contribution is 5.80. The zero-order chi connectivity index (χ0) is 16.1. The molecule has 0 aromatic heterocycles. The average molecular weight is 305 g/mol. The number of hydrogen-bond acceptors (Lipinski definition) is 4. The van der Waals surface area contributed by atoms with Crippen LogP contribution in [-0.2, 0) is 9.59 Å². The number of ether oxygens (including phenoxy) is 1. The predicted molar refractivity (Wildman–Crippen MR) is 83.0 cm³/mol. The summed E-state index contributed by atoms with van der Waals surface area (Å²) in [7, 11) is 0. The number of aryl methyl sites for hydroxylation is 1. The van der Waals surface area contributed by atoms with Crippen LogP contribution in [-0.4, -0.2) is 36.4 Å².